The molecule has 1 N–H and O–H groups in total. The number of methoxy groups -OCH3 is 1. The Morgan fingerprint density at radius 1 is 1.00 bits per heavy atom. The number of ether oxygens (including phenoxy) is 2. The van der Waals surface area contributed by atoms with Crippen molar-refractivity contribution >= 4 is 21.6 Å². The lowest BCUT2D eigenvalue weighted by Gasteiger charge is -2.39. The topological polar surface area (TPSA) is 88.2 Å². The minimum Gasteiger partial charge on any atom is -0.493 e. The highest BCUT2D eigenvalue weighted by molar-refractivity contribution is 7.92. The molecule has 0 aromatic heterocycles. The molecule has 4 rings (SSSR count). The second-order valence-electron chi connectivity index (χ2n) is 11.6. The molecular weight excluding hydrogens is 538 g/mol. The predicted molar refractivity (Wildman–Crippen MR) is 164 cm³/mol. The fraction of sp³-hybridized carbons (Fsp3) is 0.594. The van der Waals surface area contributed by atoms with E-state index in [-0.39, 0.29) is 0 Å². The molecule has 9 heteroatoms. The second kappa shape index (κ2) is 14.9. The quantitative estimate of drug-likeness (QED) is 0.292. The van der Waals surface area contributed by atoms with Gasteiger partial charge in [-0.3, -0.25) is 14.4 Å². The molecule has 1 saturated carbocycles. The fourth-order valence-electron chi connectivity index (χ4n) is 6.06. The number of benzene rings is 2. The molecule has 41 heavy (non-hydrogen) atoms. The van der Waals surface area contributed by atoms with Gasteiger partial charge in [-0.05, 0) is 67.9 Å². The first-order chi connectivity index (χ1) is 19.7. The van der Waals surface area contributed by atoms with Gasteiger partial charge in [-0.15, -0.1) is 0 Å². The van der Waals surface area contributed by atoms with Crippen molar-refractivity contribution in [2.75, 3.05) is 37.7 Å². The van der Waals surface area contributed by atoms with Crippen molar-refractivity contribution in [2.45, 2.75) is 83.7 Å². The Morgan fingerprint density at radius 2 is 1.71 bits per heavy atom. The Labute approximate surface area is 246 Å². The first kappa shape index (κ1) is 31.2. The number of carbonyl (C=O) groups is 1. The minimum absolute atomic E-state index is 0.360. The Balaban J connectivity index is 1.29. The number of likely N-dealkylation sites (tertiary alicyclic amines) is 1. The summed E-state index contributed by atoms with van der Waals surface area (Å²) in [5.41, 5.74) is 1.63. The summed E-state index contributed by atoms with van der Waals surface area (Å²) in [7, 11) is -1.86. The summed E-state index contributed by atoms with van der Waals surface area (Å²) in [5, 5.41) is 0. The van der Waals surface area contributed by atoms with Crippen LogP contribution in [0.25, 0.3) is 0 Å². The summed E-state index contributed by atoms with van der Waals surface area (Å²) in [6.45, 7) is 5.96. The van der Waals surface area contributed by atoms with Gasteiger partial charge in [0.2, 0.25) is 15.9 Å². The van der Waals surface area contributed by atoms with Crippen molar-refractivity contribution in [2.24, 2.45) is 5.92 Å². The molecule has 0 spiro atoms. The van der Waals surface area contributed by atoms with Gasteiger partial charge in [-0.1, -0.05) is 44.7 Å². The van der Waals surface area contributed by atoms with Gasteiger partial charge in [0.15, 0.2) is 11.5 Å². The fourth-order valence-corrected chi connectivity index (χ4v) is 6.62. The van der Waals surface area contributed by atoms with E-state index in [0.717, 1.165) is 64.5 Å². The van der Waals surface area contributed by atoms with E-state index in [2.05, 4.69) is 33.6 Å². The summed E-state index contributed by atoms with van der Waals surface area (Å²) >= 11 is 0. The summed E-state index contributed by atoms with van der Waals surface area (Å²) in [6, 6.07) is 13.3. The predicted octanol–water partition coefficient (Wildman–Crippen LogP) is 6.42. The smallest absolute Gasteiger partial charge is 0.229 e. The summed E-state index contributed by atoms with van der Waals surface area (Å²) in [5.74, 6) is 2.60. The number of nitrogens with zero attached hydrogens (tertiary/aromatic N) is 2. The Kier molecular flexibility index (Phi) is 11.3. The average molecular weight is 586 g/mol. The Hall–Kier alpha value is -2.78. The number of rotatable bonds is 13. The lowest BCUT2D eigenvalue weighted by molar-refractivity contribution is -0.136. The van der Waals surface area contributed by atoms with E-state index < -0.39 is 10.0 Å². The van der Waals surface area contributed by atoms with E-state index in [1.807, 2.05) is 12.1 Å². The van der Waals surface area contributed by atoms with Crippen LogP contribution < -0.4 is 14.2 Å². The van der Waals surface area contributed by atoms with E-state index in [1.54, 1.807) is 18.2 Å². The normalized spacial score (nSPS) is 17.2. The highest BCUT2D eigenvalue weighted by Crippen LogP contribution is 2.34. The first-order valence-corrected chi connectivity index (χ1v) is 17.1. The van der Waals surface area contributed by atoms with Crippen molar-refractivity contribution in [3.05, 3.63) is 48.0 Å². The maximum Gasteiger partial charge on any atom is 0.229 e. The SMILES string of the molecule is CCCCN(C(=O)CC1CCCCC1)C1CCN(Cc2ccc(Oc3ccc(NS(C)(=O)=O)cc3OC)cc2)CC1. The number of carbonyl (C=O) groups excluding carboxylic acids is 1. The highest BCUT2D eigenvalue weighted by atomic mass is 32.2. The second-order valence-corrected chi connectivity index (χ2v) is 13.4. The molecular formula is C32H47N3O5S. The molecule has 1 aliphatic carbocycles. The molecule has 8 nitrogen and oxygen atoms in total. The zero-order valence-corrected chi connectivity index (χ0v) is 25.8. The third kappa shape index (κ3) is 9.64. The molecule has 0 unspecified atom stereocenters. The van der Waals surface area contributed by atoms with Crippen molar-refractivity contribution in [3.8, 4) is 17.2 Å². The van der Waals surface area contributed by atoms with Gasteiger partial charge in [0.05, 0.1) is 19.1 Å². The van der Waals surface area contributed by atoms with E-state index in [4.69, 9.17) is 9.47 Å². The van der Waals surface area contributed by atoms with Crippen LogP contribution >= 0.6 is 0 Å². The summed E-state index contributed by atoms with van der Waals surface area (Å²) < 4.78 is 36.9. The molecule has 0 bridgehead atoms. The number of hydrogen-bond acceptors (Lipinski definition) is 6. The maximum absolute atomic E-state index is 13.3. The third-order valence-corrected chi connectivity index (χ3v) is 8.89. The summed E-state index contributed by atoms with van der Waals surface area (Å²) in [6.07, 6.45) is 12.4. The largest absolute Gasteiger partial charge is 0.493 e. The molecule has 1 amide bonds. The van der Waals surface area contributed by atoms with Gasteiger partial charge < -0.3 is 14.4 Å². The molecule has 0 radical (unpaired) electrons. The lowest BCUT2D eigenvalue weighted by Crippen LogP contribution is -2.48. The Bertz CT molecular complexity index is 1220. The molecule has 2 aliphatic rings. The van der Waals surface area contributed by atoms with Gasteiger partial charge in [-0.25, -0.2) is 8.42 Å². The van der Waals surface area contributed by atoms with Gasteiger partial charge in [0, 0.05) is 44.7 Å². The van der Waals surface area contributed by atoms with Crippen molar-refractivity contribution in [3.63, 3.8) is 0 Å². The Morgan fingerprint density at radius 3 is 2.34 bits per heavy atom. The number of piperidine rings is 1. The van der Waals surface area contributed by atoms with Crippen molar-refractivity contribution in [1.29, 1.82) is 0 Å². The maximum atomic E-state index is 13.3. The van der Waals surface area contributed by atoms with Gasteiger partial charge in [-0.2, -0.15) is 0 Å². The molecule has 226 valence electrons. The highest BCUT2D eigenvalue weighted by Gasteiger charge is 2.29. The van der Waals surface area contributed by atoms with Crippen LogP contribution in [-0.4, -0.2) is 63.2 Å². The zero-order chi connectivity index (χ0) is 29.2. The van der Waals surface area contributed by atoms with Crippen LogP contribution in [0.2, 0.25) is 0 Å². The van der Waals surface area contributed by atoms with Gasteiger partial charge >= 0.3 is 0 Å². The molecule has 0 atom stereocenters. The minimum atomic E-state index is -3.38. The van der Waals surface area contributed by atoms with Crippen LogP contribution in [0, 0.1) is 5.92 Å². The van der Waals surface area contributed by atoms with E-state index >= 15 is 0 Å². The lowest BCUT2D eigenvalue weighted by atomic mass is 9.86. The molecule has 2 aromatic carbocycles. The number of nitrogens with one attached hydrogen (secondary N) is 1. The molecule has 1 aliphatic heterocycles. The number of unbranched alkanes of at least 4 members (excludes halogenated alkanes) is 1. The molecule has 2 aromatic rings. The van der Waals surface area contributed by atoms with Crippen LogP contribution in [-0.2, 0) is 21.4 Å². The first-order valence-electron chi connectivity index (χ1n) is 15.2. The van der Waals surface area contributed by atoms with Crippen LogP contribution in [0.1, 0.15) is 76.7 Å². The number of anilines is 1. The number of hydrogen-bond donors (Lipinski definition) is 1. The van der Waals surface area contributed by atoms with Crippen molar-refractivity contribution in [1.82, 2.24) is 9.80 Å². The van der Waals surface area contributed by atoms with Crippen LogP contribution in [0.4, 0.5) is 5.69 Å². The van der Waals surface area contributed by atoms with E-state index in [1.165, 1.54) is 44.8 Å². The number of amides is 1. The molecule has 1 saturated heterocycles. The van der Waals surface area contributed by atoms with Crippen LogP contribution in [0.5, 0.6) is 17.2 Å². The number of sulfonamides is 1. The van der Waals surface area contributed by atoms with Crippen LogP contribution in [0.15, 0.2) is 42.5 Å². The average Bonchev–Trinajstić information content (AvgIpc) is 2.95. The standard InChI is InChI=1S/C32H47N3O5S/c1-4-5-19-35(32(36)22-25-9-7-6-8-10-25)28-17-20-34(21-18-28)24-26-11-14-29(15-12-26)40-30-16-13-27(23-31(30)39-2)33-41(3,37)38/h11-16,23,25,28,33H,4-10,17-22,24H2,1-3H3. The van der Waals surface area contributed by atoms with E-state index in [0.29, 0.717) is 40.8 Å². The van der Waals surface area contributed by atoms with Crippen molar-refractivity contribution < 1.29 is 22.7 Å². The molecule has 2 fully saturated rings. The van der Waals surface area contributed by atoms with Gasteiger partial charge in [0.1, 0.15) is 5.75 Å². The molecule has 1 heterocycles. The van der Waals surface area contributed by atoms with Gasteiger partial charge in [0.25, 0.3) is 0 Å². The zero-order valence-electron chi connectivity index (χ0n) is 24.9. The third-order valence-electron chi connectivity index (χ3n) is 8.28. The van der Waals surface area contributed by atoms with E-state index in [9.17, 15) is 13.2 Å². The van der Waals surface area contributed by atoms with Crippen LogP contribution in [0.3, 0.4) is 0 Å². The summed E-state index contributed by atoms with van der Waals surface area (Å²) in [4.78, 5) is 18.0. The monoisotopic (exact) mass is 585 g/mol.